The number of ether oxygens (including phenoxy) is 2. The van der Waals surface area contributed by atoms with Crippen molar-refractivity contribution in [2.45, 2.75) is 12.1 Å². The van der Waals surface area contributed by atoms with Gasteiger partial charge >= 0.3 is 0 Å². The number of hydrogen-bond donors (Lipinski definition) is 0. The van der Waals surface area contributed by atoms with Crippen molar-refractivity contribution in [2.75, 3.05) is 9.80 Å². The molecule has 1 aliphatic carbocycles. The fourth-order valence-electron chi connectivity index (χ4n) is 6.75. The zero-order chi connectivity index (χ0) is 30.2. The number of rotatable bonds is 3. The molecule has 8 nitrogen and oxygen atoms in total. The summed E-state index contributed by atoms with van der Waals surface area (Å²) in [6.45, 7) is 0. The number of benzene rings is 5. The first-order valence-electron chi connectivity index (χ1n) is 14.9. The molecule has 0 N–H and O–H groups in total. The van der Waals surface area contributed by atoms with Crippen molar-refractivity contribution < 1.29 is 9.47 Å². The largest absolute Gasteiger partial charge is 0.453 e. The van der Waals surface area contributed by atoms with E-state index in [1.165, 1.54) is 22.7 Å². The molecule has 0 bridgehead atoms. The van der Waals surface area contributed by atoms with Gasteiger partial charge in [-0.3, -0.25) is 0 Å². The summed E-state index contributed by atoms with van der Waals surface area (Å²) in [5.41, 5.74) is 9.64. The first kappa shape index (κ1) is 25.7. The lowest BCUT2D eigenvalue weighted by molar-refractivity contribution is 0.474. The van der Waals surface area contributed by atoms with Crippen LogP contribution in [0.25, 0.3) is 5.57 Å². The molecule has 10 rings (SSSR count). The maximum atomic E-state index is 6.31. The van der Waals surface area contributed by atoms with E-state index in [-0.39, 0.29) is 12.1 Å². The monoisotopic (exact) mass is 634 g/mol. The smallest absolute Gasteiger partial charge is 0.151 e. The van der Waals surface area contributed by atoms with Gasteiger partial charge in [0.25, 0.3) is 0 Å². The molecule has 0 fully saturated rings. The summed E-state index contributed by atoms with van der Waals surface area (Å²) in [4.78, 5) is 4.48. The van der Waals surface area contributed by atoms with Gasteiger partial charge in [0.15, 0.2) is 23.0 Å². The Morgan fingerprint density at radius 1 is 0.478 bits per heavy atom. The average Bonchev–Trinajstić information content (AvgIpc) is 3.80. The topological polar surface area (TPSA) is 74.4 Å². The Bertz CT molecular complexity index is 2250. The molecule has 5 aliphatic rings. The maximum Gasteiger partial charge on any atom is 0.151 e. The van der Waals surface area contributed by atoms with Crippen LogP contribution in [0, 0.1) is 0 Å². The van der Waals surface area contributed by atoms with Crippen LogP contribution in [0.1, 0.15) is 5.56 Å². The van der Waals surface area contributed by atoms with Crippen LogP contribution in [0.2, 0.25) is 0 Å². The van der Waals surface area contributed by atoms with Crippen LogP contribution < -0.4 is 19.3 Å². The van der Waals surface area contributed by atoms with Crippen molar-refractivity contribution in [3.05, 3.63) is 144 Å². The van der Waals surface area contributed by atoms with Gasteiger partial charge in [-0.05, 0) is 66.2 Å². The van der Waals surface area contributed by atoms with Crippen LogP contribution in [0.15, 0.2) is 156 Å². The van der Waals surface area contributed by atoms with Crippen molar-refractivity contribution in [3.63, 3.8) is 0 Å². The van der Waals surface area contributed by atoms with Crippen LogP contribution in [0.3, 0.4) is 0 Å². The van der Waals surface area contributed by atoms with E-state index in [9.17, 15) is 0 Å². The van der Waals surface area contributed by atoms with Gasteiger partial charge < -0.3 is 19.3 Å². The van der Waals surface area contributed by atoms with Crippen LogP contribution in [0.4, 0.5) is 28.4 Å². The lowest BCUT2D eigenvalue weighted by atomic mass is 9.84. The van der Waals surface area contributed by atoms with Gasteiger partial charge in [-0.25, -0.2) is 8.73 Å². The third kappa shape index (κ3) is 3.71. The summed E-state index contributed by atoms with van der Waals surface area (Å²) in [7, 11) is 0. The summed E-state index contributed by atoms with van der Waals surface area (Å²) in [5.74, 6) is 3.22. The van der Waals surface area contributed by atoms with Crippen LogP contribution in [-0.4, -0.2) is 12.1 Å². The molecule has 4 aliphatic heterocycles. The van der Waals surface area contributed by atoms with Gasteiger partial charge in [-0.2, -0.15) is 8.73 Å². The number of fused-ring (bicyclic) bond motifs is 6. The average molecular weight is 635 g/mol. The fraction of sp³-hybridized carbons (Fsp3) is 0.0556. The van der Waals surface area contributed by atoms with Gasteiger partial charge in [0.2, 0.25) is 0 Å². The van der Waals surface area contributed by atoms with E-state index < -0.39 is 0 Å². The summed E-state index contributed by atoms with van der Waals surface area (Å²) < 4.78 is 32.3. The molecule has 5 aromatic rings. The summed E-state index contributed by atoms with van der Waals surface area (Å²) >= 11 is 2.49. The number of anilines is 5. The zero-order valence-electron chi connectivity index (χ0n) is 24.0. The molecule has 2 unspecified atom stereocenters. The van der Waals surface area contributed by atoms with E-state index in [1.54, 1.807) is 0 Å². The normalized spacial score (nSPS) is 19.6. The summed E-state index contributed by atoms with van der Waals surface area (Å²) in [6, 6.07) is 40.6. The van der Waals surface area contributed by atoms with E-state index in [0.717, 1.165) is 79.7 Å². The highest BCUT2D eigenvalue weighted by atomic mass is 32.1. The second kappa shape index (κ2) is 9.96. The fourth-order valence-corrected chi connectivity index (χ4v) is 8.01. The maximum absolute atomic E-state index is 6.31. The Morgan fingerprint density at radius 2 is 0.957 bits per heavy atom. The van der Waals surface area contributed by atoms with Gasteiger partial charge in [0.05, 0.1) is 51.2 Å². The van der Waals surface area contributed by atoms with Crippen molar-refractivity contribution in [3.8, 4) is 23.0 Å². The first-order chi connectivity index (χ1) is 22.8. The predicted octanol–water partition coefficient (Wildman–Crippen LogP) is 9.81. The molecule has 0 amide bonds. The van der Waals surface area contributed by atoms with E-state index in [2.05, 4.69) is 58.3 Å². The highest BCUT2D eigenvalue weighted by molar-refractivity contribution is 7.58. The lowest BCUT2D eigenvalue weighted by Gasteiger charge is -2.39. The Morgan fingerprint density at radius 3 is 1.52 bits per heavy atom. The number of para-hydroxylation sites is 8. The lowest BCUT2D eigenvalue weighted by Crippen LogP contribution is -2.37. The summed E-state index contributed by atoms with van der Waals surface area (Å²) in [6.07, 6.45) is 0. The van der Waals surface area contributed by atoms with Crippen molar-refractivity contribution in [1.82, 2.24) is 0 Å². The molecule has 0 saturated carbocycles. The van der Waals surface area contributed by atoms with Crippen LogP contribution in [-0.2, 0) is 22.7 Å². The number of hydrogen-bond acceptors (Lipinski definition) is 8. The predicted molar refractivity (Wildman–Crippen MR) is 182 cm³/mol. The van der Waals surface area contributed by atoms with E-state index >= 15 is 0 Å². The Hall–Kier alpha value is -5.58. The molecule has 220 valence electrons. The van der Waals surface area contributed by atoms with E-state index in [0.29, 0.717) is 0 Å². The minimum absolute atomic E-state index is 0.228. The SMILES string of the molecule is c1ccc2c(c1)Oc1ccccc1N2C1=C2N=S=NC2=C(c2ccc(N3c4ccccc4Oc4ccccc43)cc2)C2N=S=NC12. The highest BCUT2D eigenvalue weighted by Gasteiger charge is 2.45. The molecule has 4 heterocycles. The quantitative estimate of drug-likeness (QED) is 0.194. The Labute approximate surface area is 271 Å². The molecular formula is C36H22N6O2S2. The molecule has 2 atom stereocenters. The molecule has 0 spiro atoms. The van der Waals surface area contributed by atoms with Crippen LogP contribution >= 0.6 is 0 Å². The van der Waals surface area contributed by atoms with E-state index in [1.807, 2.05) is 72.8 Å². The molecule has 10 heteroatoms. The molecule has 5 aromatic carbocycles. The third-order valence-corrected chi connectivity index (χ3v) is 9.90. The van der Waals surface area contributed by atoms with Crippen LogP contribution in [0.5, 0.6) is 23.0 Å². The van der Waals surface area contributed by atoms with Gasteiger partial charge in [-0.15, -0.1) is 0 Å². The Kier molecular flexibility index (Phi) is 5.57. The number of nitrogens with zero attached hydrogens (tertiary/aromatic N) is 6. The molecule has 46 heavy (non-hydrogen) atoms. The molecule has 0 radical (unpaired) electrons. The molecule has 0 aromatic heterocycles. The molecular weight excluding hydrogens is 613 g/mol. The van der Waals surface area contributed by atoms with Crippen molar-refractivity contribution in [2.24, 2.45) is 17.5 Å². The second-order valence-electron chi connectivity index (χ2n) is 11.2. The van der Waals surface area contributed by atoms with Crippen molar-refractivity contribution in [1.29, 1.82) is 0 Å². The summed E-state index contributed by atoms with van der Waals surface area (Å²) in [5, 5.41) is 0. The highest BCUT2D eigenvalue weighted by Crippen LogP contribution is 2.54. The third-order valence-electron chi connectivity index (χ3n) is 8.72. The second-order valence-corrected chi connectivity index (χ2v) is 12.3. The molecule has 0 saturated heterocycles. The van der Waals surface area contributed by atoms with E-state index in [4.69, 9.17) is 26.9 Å². The van der Waals surface area contributed by atoms with Gasteiger partial charge in [0.1, 0.15) is 23.5 Å². The first-order valence-corrected chi connectivity index (χ1v) is 16.4. The zero-order valence-corrected chi connectivity index (χ0v) is 25.7. The van der Waals surface area contributed by atoms with Crippen molar-refractivity contribution >= 4 is 56.7 Å². The minimum atomic E-state index is -0.256. The Balaban J connectivity index is 1.12. The minimum Gasteiger partial charge on any atom is -0.453 e. The van der Waals surface area contributed by atoms with Gasteiger partial charge in [0, 0.05) is 11.3 Å². The van der Waals surface area contributed by atoms with Gasteiger partial charge in [-0.1, -0.05) is 60.7 Å². The standard InChI is InChI=1S/C36H22N6O2S2/c1-5-13-27-23(9-1)41(24-10-2-6-14-28(24)43-27)22-19-17-21(18-20-22)31-32-34(39-45-37-32)36(35-33(31)38-46-40-35)42-25-11-3-7-15-29(25)44-30-16-8-4-12-26(30)42/h1-20,32,34H.